The van der Waals surface area contributed by atoms with E-state index in [2.05, 4.69) is 30.5 Å². The summed E-state index contributed by atoms with van der Waals surface area (Å²) in [5.74, 6) is 1.51. The van der Waals surface area contributed by atoms with Crippen molar-refractivity contribution in [3.05, 3.63) is 78.9 Å². The SMILES string of the molecule is C=CCC[C@@H](O)CN(CCC)Cc1c(-c2ccccc2)nn(C)c1Oc1ccccc1. The summed E-state index contributed by atoms with van der Waals surface area (Å²) in [6, 6.07) is 20.0. The van der Waals surface area contributed by atoms with Gasteiger partial charge in [0.05, 0.1) is 11.7 Å². The van der Waals surface area contributed by atoms with Crippen LogP contribution in [0.1, 0.15) is 31.7 Å². The van der Waals surface area contributed by atoms with Crippen molar-refractivity contribution in [2.24, 2.45) is 7.05 Å². The van der Waals surface area contributed by atoms with Crippen molar-refractivity contribution >= 4 is 0 Å². The van der Waals surface area contributed by atoms with Gasteiger partial charge < -0.3 is 9.84 Å². The molecule has 0 saturated heterocycles. The van der Waals surface area contributed by atoms with Crippen LogP contribution in [-0.2, 0) is 13.6 Å². The lowest BCUT2D eigenvalue weighted by Gasteiger charge is -2.25. The standard InChI is InChI=1S/C26H33N3O2/c1-4-6-15-22(30)19-29(18-5-2)20-24-25(21-13-9-7-10-14-21)27-28(3)26(24)31-23-16-11-8-12-17-23/h4,7-14,16-17,22,30H,1,5-6,15,18-20H2,2-3H3/t22-/m1/s1. The molecule has 164 valence electrons. The lowest BCUT2D eigenvalue weighted by atomic mass is 10.1. The van der Waals surface area contributed by atoms with Gasteiger partial charge in [-0.05, 0) is 37.9 Å². The number of aliphatic hydroxyl groups excluding tert-OH is 1. The van der Waals surface area contributed by atoms with E-state index in [9.17, 15) is 5.11 Å². The Morgan fingerprint density at radius 1 is 1.13 bits per heavy atom. The number of rotatable bonds is 12. The summed E-state index contributed by atoms with van der Waals surface area (Å²) >= 11 is 0. The smallest absolute Gasteiger partial charge is 0.222 e. The van der Waals surface area contributed by atoms with Crippen LogP contribution in [0.2, 0.25) is 0 Å². The molecule has 5 heteroatoms. The highest BCUT2D eigenvalue weighted by atomic mass is 16.5. The zero-order valence-electron chi connectivity index (χ0n) is 18.6. The molecule has 0 spiro atoms. The average Bonchev–Trinajstić information content (AvgIpc) is 3.09. The number of para-hydroxylation sites is 1. The molecule has 3 aromatic rings. The van der Waals surface area contributed by atoms with Crippen molar-refractivity contribution in [2.75, 3.05) is 13.1 Å². The molecule has 2 aromatic carbocycles. The first kappa shape index (κ1) is 22.8. The molecule has 0 aliphatic rings. The topological polar surface area (TPSA) is 50.5 Å². The second-order valence-electron chi connectivity index (χ2n) is 7.79. The van der Waals surface area contributed by atoms with Crippen LogP contribution in [0, 0.1) is 0 Å². The van der Waals surface area contributed by atoms with Gasteiger partial charge in [-0.25, -0.2) is 4.68 Å². The number of aryl methyl sites for hydroxylation is 1. The molecule has 0 aliphatic carbocycles. The first-order chi connectivity index (χ1) is 15.1. The Hall–Kier alpha value is -2.89. The maximum atomic E-state index is 10.5. The summed E-state index contributed by atoms with van der Waals surface area (Å²) < 4.78 is 8.10. The van der Waals surface area contributed by atoms with Crippen LogP contribution >= 0.6 is 0 Å². The number of allylic oxidation sites excluding steroid dienone is 1. The Kier molecular flexibility index (Phi) is 8.44. The molecule has 0 unspecified atom stereocenters. The Morgan fingerprint density at radius 2 is 1.81 bits per heavy atom. The third-order valence-electron chi connectivity index (χ3n) is 5.19. The van der Waals surface area contributed by atoms with Crippen molar-refractivity contribution in [1.82, 2.24) is 14.7 Å². The molecule has 31 heavy (non-hydrogen) atoms. The molecule has 1 aromatic heterocycles. The van der Waals surface area contributed by atoms with Crippen LogP contribution in [0.3, 0.4) is 0 Å². The lowest BCUT2D eigenvalue weighted by molar-refractivity contribution is 0.102. The third kappa shape index (κ3) is 6.29. The van der Waals surface area contributed by atoms with Crippen LogP contribution in [0.15, 0.2) is 73.3 Å². The van der Waals surface area contributed by atoms with Crippen molar-refractivity contribution in [1.29, 1.82) is 0 Å². The van der Waals surface area contributed by atoms with Crippen molar-refractivity contribution in [3.8, 4) is 22.9 Å². The molecule has 0 amide bonds. The monoisotopic (exact) mass is 419 g/mol. The van der Waals surface area contributed by atoms with Crippen molar-refractivity contribution < 1.29 is 9.84 Å². The highest BCUT2D eigenvalue weighted by Gasteiger charge is 2.23. The van der Waals surface area contributed by atoms with Gasteiger partial charge in [0.15, 0.2) is 0 Å². The van der Waals surface area contributed by atoms with Gasteiger partial charge in [0, 0.05) is 25.7 Å². The molecule has 0 aliphatic heterocycles. The van der Waals surface area contributed by atoms with E-state index in [1.54, 1.807) is 0 Å². The minimum Gasteiger partial charge on any atom is -0.439 e. The maximum absolute atomic E-state index is 10.5. The van der Waals surface area contributed by atoms with E-state index in [0.717, 1.165) is 54.3 Å². The van der Waals surface area contributed by atoms with E-state index in [1.807, 2.05) is 66.3 Å². The lowest BCUT2D eigenvalue weighted by Crippen LogP contribution is -2.33. The molecule has 1 N–H and O–H groups in total. The largest absolute Gasteiger partial charge is 0.439 e. The minimum atomic E-state index is -0.389. The predicted molar refractivity (Wildman–Crippen MR) is 126 cm³/mol. The quantitative estimate of drug-likeness (QED) is 0.398. The second kappa shape index (κ2) is 11.5. The number of nitrogens with zero attached hydrogens (tertiary/aromatic N) is 3. The van der Waals surface area contributed by atoms with Gasteiger partial charge in [0.2, 0.25) is 5.88 Å². The summed E-state index contributed by atoms with van der Waals surface area (Å²) in [6.45, 7) is 8.07. The normalized spacial score (nSPS) is 12.1. The molecule has 0 radical (unpaired) electrons. The number of ether oxygens (including phenoxy) is 1. The first-order valence-corrected chi connectivity index (χ1v) is 11.0. The molecule has 0 fully saturated rings. The number of benzene rings is 2. The Bertz CT molecular complexity index is 938. The predicted octanol–water partition coefficient (Wildman–Crippen LogP) is 5.42. The van der Waals surface area contributed by atoms with E-state index in [4.69, 9.17) is 9.84 Å². The molecular weight excluding hydrogens is 386 g/mol. The highest BCUT2D eigenvalue weighted by Crippen LogP contribution is 2.34. The van der Waals surface area contributed by atoms with Gasteiger partial charge in [-0.1, -0.05) is 61.5 Å². The Labute approximate surface area is 185 Å². The van der Waals surface area contributed by atoms with E-state index < -0.39 is 0 Å². The van der Waals surface area contributed by atoms with Crippen LogP contribution in [-0.4, -0.2) is 39.0 Å². The highest BCUT2D eigenvalue weighted by molar-refractivity contribution is 5.65. The van der Waals surface area contributed by atoms with Gasteiger partial charge in [0.25, 0.3) is 0 Å². The number of aliphatic hydroxyl groups is 1. The average molecular weight is 420 g/mol. The summed E-state index contributed by atoms with van der Waals surface area (Å²) in [6.07, 6.45) is 4.00. The van der Waals surface area contributed by atoms with Crippen LogP contribution in [0.5, 0.6) is 11.6 Å². The molecule has 0 bridgehead atoms. The molecule has 1 atom stereocenters. The molecule has 5 nitrogen and oxygen atoms in total. The Morgan fingerprint density at radius 3 is 2.45 bits per heavy atom. The fraction of sp³-hybridized carbons (Fsp3) is 0.346. The van der Waals surface area contributed by atoms with Gasteiger partial charge in [-0.2, -0.15) is 5.10 Å². The maximum Gasteiger partial charge on any atom is 0.222 e. The van der Waals surface area contributed by atoms with Gasteiger partial charge in [-0.3, -0.25) is 4.90 Å². The van der Waals surface area contributed by atoms with Gasteiger partial charge >= 0.3 is 0 Å². The molecule has 1 heterocycles. The second-order valence-corrected chi connectivity index (χ2v) is 7.79. The van der Waals surface area contributed by atoms with E-state index in [-0.39, 0.29) is 6.10 Å². The first-order valence-electron chi connectivity index (χ1n) is 11.0. The van der Waals surface area contributed by atoms with Crippen molar-refractivity contribution in [2.45, 2.75) is 38.8 Å². The van der Waals surface area contributed by atoms with Crippen LogP contribution in [0.25, 0.3) is 11.3 Å². The Balaban J connectivity index is 1.95. The fourth-order valence-electron chi connectivity index (χ4n) is 3.72. The van der Waals surface area contributed by atoms with E-state index >= 15 is 0 Å². The van der Waals surface area contributed by atoms with Crippen LogP contribution < -0.4 is 4.74 Å². The van der Waals surface area contributed by atoms with E-state index in [1.165, 1.54) is 0 Å². The van der Waals surface area contributed by atoms with Gasteiger partial charge in [0.1, 0.15) is 11.4 Å². The molecular formula is C26H33N3O2. The van der Waals surface area contributed by atoms with E-state index in [0.29, 0.717) is 13.1 Å². The van der Waals surface area contributed by atoms with Crippen molar-refractivity contribution in [3.63, 3.8) is 0 Å². The van der Waals surface area contributed by atoms with Gasteiger partial charge in [-0.15, -0.1) is 6.58 Å². The zero-order chi connectivity index (χ0) is 22.1. The summed E-state index contributed by atoms with van der Waals surface area (Å²) in [4.78, 5) is 2.29. The number of hydrogen-bond donors (Lipinski definition) is 1. The molecule has 3 rings (SSSR count). The van der Waals surface area contributed by atoms with Crippen LogP contribution in [0.4, 0.5) is 0 Å². The fourth-order valence-corrected chi connectivity index (χ4v) is 3.72. The molecule has 0 saturated carbocycles. The third-order valence-corrected chi connectivity index (χ3v) is 5.19. The summed E-state index contributed by atoms with van der Waals surface area (Å²) in [7, 11) is 1.91. The number of aromatic nitrogens is 2. The summed E-state index contributed by atoms with van der Waals surface area (Å²) in [5, 5.41) is 15.3. The number of hydrogen-bond acceptors (Lipinski definition) is 4. The summed E-state index contributed by atoms with van der Waals surface area (Å²) in [5.41, 5.74) is 3.00. The zero-order valence-corrected chi connectivity index (χ0v) is 18.6. The minimum absolute atomic E-state index is 0.389.